The van der Waals surface area contributed by atoms with Crippen LogP contribution in [0.2, 0.25) is 0 Å². The number of rotatable bonds is 6. The third kappa shape index (κ3) is 3.55. The van der Waals surface area contributed by atoms with Crippen molar-refractivity contribution in [3.05, 3.63) is 69.9 Å². The number of nitrogens with one attached hydrogen (secondary N) is 1. The Morgan fingerprint density at radius 3 is 2.68 bits per heavy atom. The van der Waals surface area contributed by atoms with Gasteiger partial charge in [0.1, 0.15) is 0 Å². The Bertz CT molecular complexity index is 1160. The van der Waals surface area contributed by atoms with Gasteiger partial charge in [0.15, 0.2) is 0 Å². The van der Waals surface area contributed by atoms with E-state index in [1.54, 1.807) is 0 Å². The third-order valence-electron chi connectivity index (χ3n) is 4.48. The number of aryl methyl sites for hydroxylation is 1. The third-order valence-corrected chi connectivity index (χ3v) is 5.35. The molecule has 1 N–H and O–H groups in total. The van der Waals surface area contributed by atoms with Gasteiger partial charge in [0.2, 0.25) is 10.1 Å². The van der Waals surface area contributed by atoms with Crippen molar-refractivity contribution >= 4 is 21.4 Å². The first-order chi connectivity index (χ1) is 13.5. The largest absolute Gasteiger partial charge is 0.356 e. The van der Waals surface area contributed by atoms with E-state index in [-0.39, 0.29) is 5.56 Å². The van der Waals surface area contributed by atoms with E-state index in [1.165, 1.54) is 21.9 Å². The molecule has 0 bridgehead atoms. The molecule has 0 aliphatic rings. The molecule has 3 heterocycles. The summed E-state index contributed by atoms with van der Waals surface area (Å²) in [4.78, 5) is 17.3. The SMILES string of the molecule is CCc1cc(=O)n2nc(NCc3cn(-c4ccccc4)nc3C(C)C)sc2n1. The lowest BCUT2D eigenvalue weighted by atomic mass is 10.1. The van der Waals surface area contributed by atoms with Gasteiger partial charge in [-0.05, 0) is 24.5 Å². The molecule has 144 valence electrons. The van der Waals surface area contributed by atoms with Crippen molar-refractivity contribution < 1.29 is 0 Å². The summed E-state index contributed by atoms with van der Waals surface area (Å²) in [6, 6.07) is 11.6. The van der Waals surface area contributed by atoms with Gasteiger partial charge < -0.3 is 5.32 Å². The first kappa shape index (κ1) is 18.4. The zero-order chi connectivity index (χ0) is 19.7. The zero-order valence-corrected chi connectivity index (χ0v) is 16.9. The van der Waals surface area contributed by atoms with E-state index in [1.807, 2.05) is 48.1 Å². The molecule has 0 spiro atoms. The van der Waals surface area contributed by atoms with Crippen molar-refractivity contribution in [3.8, 4) is 5.69 Å². The van der Waals surface area contributed by atoms with E-state index in [2.05, 4.69) is 29.2 Å². The van der Waals surface area contributed by atoms with Crippen molar-refractivity contribution in [2.45, 2.75) is 39.7 Å². The molecule has 0 atom stereocenters. The monoisotopic (exact) mass is 394 g/mol. The van der Waals surface area contributed by atoms with Crippen molar-refractivity contribution in [1.29, 1.82) is 0 Å². The lowest BCUT2D eigenvalue weighted by Crippen LogP contribution is -2.15. The number of nitrogens with zero attached hydrogens (tertiary/aromatic N) is 5. The Morgan fingerprint density at radius 1 is 1.18 bits per heavy atom. The quantitative estimate of drug-likeness (QED) is 0.540. The molecule has 0 saturated heterocycles. The Kier molecular flexibility index (Phi) is 4.95. The summed E-state index contributed by atoms with van der Waals surface area (Å²) < 4.78 is 3.26. The van der Waals surface area contributed by atoms with Crippen LogP contribution in [0.5, 0.6) is 0 Å². The molecule has 0 aliphatic heterocycles. The maximum absolute atomic E-state index is 12.2. The number of hydrogen-bond acceptors (Lipinski definition) is 6. The van der Waals surface area contributed by atoms with Crippen molar-refractivity contribution in [2.75, 3.05) is 5.32 Å². The topological polar surface area (TPSA) is 77.1 Å². The summed E-state index contributed by atoms with van der Waals surface area (Å²) >= 11 is 1.38. The van der Waals surface area contributed by atoms with Crippen LogP contribution in [0.4, 0.5) is 5.13 Å². The molecule has 8 heteroatoms. The Labute approximate surface area is 166 Å². The zero-order valence-electron chi connectivity index (χ0n) is 16.1. The maximum atomic E-state index is 12.2. The molecule has 7 nitrogen and oxygen atoms in total. The summed E-state index contributed by atoms with van der Waals surface area (Å²) in [6.07, 6.45) is 2.77. The molecule has 4 aromatic rings. The van der Waals surface area contributed by atoms with E-state index in [0.717, 1.165) is 29.1 Å². The minimum atomic E-state index is -0.147. The maximum Gasteiger partial charge on any atom is 0.275 e. The number of aromatic nitrogens is 5. The van der Waals surface area contributed by atoms with Crippen molar-refractivity contribution in [2.24, 2.45) is 0 Å². The highest BCUT2D eigenvalue weighted by Gasteiger charge is 2.14. The van der Waals surface area contributed by atoms with Gasteiger partial charge >= 0.3 is 0 Å². The van der Waals surface area contributed by atoms with Crippen LogP contribution < -0.4 is 10.9 Å². The highest BCUT2D eigenvalue weighted by molar-refractivity contribution is 7.20. The Balaban J connectivity index is 1.61. The molecule has 1 aromatic carbocycles. The highest BCUT2D eigenvalue weighted by atomic mass is 32.1. The lowest BCUT2D eigenvalue weighted by Gasteiger charge is -2.05. The second kappa shape index (κ2) is 7.55. The van der Waals surface area contributed by atoms with E-state index < -0.39 is 0 Å². The fourth-order valence-corrected chi connectivity index (χ4v) is 3.86. The van der Waals surface area contributed by atoms with E-state index in [0.29, 0.717) is 22.6 Å². The van der Waals surface area contributed by atoms with E-state index in [9.17, 15) is 4.79 Å². The van der Waals surface area contributed by atoms with Crippen LogP contribution in [-0.4, -0.2) is 24.4 Å². The molecule has 0 amide bonds. The molecule has 3 aromatic heterocycles. The van der Waals surface area contributed by atoms with Crippen molar-refractivity contribution in [1.82, 2.24) is 24.4 Å². The molecule has 0 radical (unpaired) electrons. The first-order valence-corrected chi connectivity index (χ1v) is 10.1. The number of para-hydroxylation sites is 1. The second-order valence-corrected chi connectivity index (χ2v) is 7.82. The van der Waals surface area contributed by atoms with Crippen LogP contribution in [0.3, 0.4) is 0 Å². The van der Waals surface area contributed by atoms with Crippen LogP contribution in [0.25, 0.3) is 10.6 Å². The van der Waals surface area contributed by atoms with Crippen LogP contribution >= 0.6 is 11.3 Å². The normalized spacial score (nSPS) is 11.4. The molecular weight excluding hydrogens is 372 g/mol. The Morgan fingerprint density at radius 2 is 1.96 bits per heavy atom. The van der Waals surface area contributed by atoms with E-state index >= 15 is 0 Å². The van der Waals surface area contributed by atoms with Gasteiger partial charge in [-0.2, -0.15) is 9.61 Å². The summed E-state index contributed by atoms with van der Waals surface area (Å²) in [7, 11) is 0. The van der Waals surface area contributed by atoms with Crippen LogP contribution in [0.15, 0.2) is 47.4 Å². The van der Waals surface area contributed by atoms with Gasteiger partial charge in [0.25, 0.3) is 5.56 Å². The number of anilines is 1. The summed E-state index contributed by atoms with van der Waals surface area (Å²) in [5.41, 5.74) is 3.81. The predicted molar refractivity (Wildman–Crippen MR) is 111 cm³/mol. The number of hydrogen-bond donors (Lipinski definition) is 1. The second-order valence-electron chi connectivity index (χ2n) is 6.87. The molecular formula is C20H22N6OS. The standard InChI is InChI=1S/C20H22N6OS/c1-4-15-10-17(27)26-20(22-15)28-19(24-26)21-11-14-12-25(23-18(14)13(2)3)16-8-6-5-7-9-16/h5-10,12-13H,4,11H2,1-3H3,(H,21,24). The smallest absolute Gasteiger partial charge is 0.275 e. The summed E-state index contributed by atoms with van der Waals surface area (Å²) in [6.45, 7) is 6.83. The van der Waals surface area contributed by atoms with Crippen LogP contribution in [0, 0.1) is 0 Å². The van der Waals surface area contributed by atoms with Gasteiger partial charge in [-0.3, -0.25) is 4.79 Å². The minimum absolute atomic E-state index is 0.147. The molecule has 0 saturated carbocycles. The fourth-order valence-electron chi connectivity index (χ4n) is 3.04. The molecule has 4 rings (SSSR count). The molecule has 0 fully saturated rings. The molecule has 0 aliphatic carbocycles. The van der Waals surface area contributed by atoms with Crippen LogP contribution in [-0.2, 0) is 13.0 Å². The first-order valence-electron chi connectivity index (χ1n) is 9.32. The predicted octanol–water partition coefficient (Wildman–Crippen LogP) is 3.63. The van der Waals surface area contributed by atoms with Gasteiger partial charge in [-0.25, -0.2) is 9.67 Å². The molecule has 0 unspecified atom stereocenters. The van der Waals surface area contributed by atoms with Crippen molar-refractivity contribution in [3.63, 3.8) is 0 Å². The molecule has 28 heavy (non-hydrogen) atoms. The van der Waals surface area contributed by atoms with E-state index in [4.69, 9.17) is 5.10 Å². The Hall–Kier alpha value is -3.00. The van der Waals surface area contributed by atoms with Gasteiger partial charge in [-0.1, -0.05) is 50.3 Å². The number of benzene rings is 1. The fraction of sp³-hybridized carbons (Fsp3) is 0.300. The average Bonchev–Trinajstić information content (AvgIpc) is 3.31. The average molecular weight is 395 g/mol. The van der Waals surface area contributed by atoms with Crippen LogP contribution in [0.1, 0.15) is 43.6 Å². The lowest BCUT2D eigenvalue weighted by molar-refractivity contribution is 0.763. The summed E-state index contributed by atoms with van der Waals surface area (Å²) in [5.74, 6) is 0.300. The van der Waals surface area contributed by atoms with Gasteiger partial charge in [0.05, 0.1) is 11.4 Å². The van der Waals surface area contributed by atoms with Gasteiger partial charge in [-0.15, -0.1) is 5.10 Å². The number of fused-ring (bicyclic) bond motifs is 1. The summed E-state index contributed by atoms with van der Waals surface area (Å²) in [5, 5.41) is 13.1. The van der Waals surface area contributed by atoms with Gasteiger partial charge in [0, 0.05) is 30.1 Å². The highest BCUT2D eigenvalue weighted by Crippen LogP contribution is 2.23. The minimum Gasteiger partial charge on any atom is -0.356 e.